The number of ether oxygens (including phenoxy) is 2. The van der Waals surface area contributed by atoms with Crippen molar-refractivity contribution in [1.82, 2.24) is 4.72 Å². The van der Waals surface area contributed by atoms with Gasteiger partial charge in [0.1, 0.15) is 0 Å². The Morgan fingerprint density at radius 1 is 1.32 bits per heavy atom. The Morgan fingerprint density at radius 3 is 2.58 bits per heavy atom. The van der Waals surface area contributed by atoms with Gasteiger partial charge in [0.25, 0.3) is 0 Å². The van der Waals surface area contributed by atoms with Crippen LogP contribution >= 0.6 is 0 Å². The zero-order chi connectivity index (χ0) is 14.3. The molecule has 0 aliphatic carbocycles. The number of methoxy groups -OCH3 is 2. The zero-order valence-corrected chi connectivity index (χ0v) is 11.3. The number of hydrogen-bond donors (Lipinski definition) is 1. The van der Waals surface area contributed by atoms with E-state index in [1.54, 1.807) is 0 Å². The molecule has 9 heteroatoms. The van der Waals surface area contributed by atoms with Gasteiger partial charge in [0.05, 0.1) is 19.1 Å². The van der Waals surface area contributed by atoms with Gasteiger partial charge in [-0.3, -0.25) is 0 Å². The van der Waals surface area contributed by atoms with Crippen LogP contribution in [0.2, 0.25) is 0 Å². The van der Waals surface area contributed by atoms with Crippen molar-refractivity contribution in [2.45, 2.75) is 4.90 Å². The van der Waals surface area contributed by atoms with E-state index in [1.165, 1.54) is 32.4 Å². The number of benzene rings is 1. The Kier molecular flexibility index (Phi) is 5.43. The van der Waals surface area contributed by atoms with E-state index in [1.807, 2.05) is 0 Å². The van der Waals surface area contributed by atoms with Gasteiger partial charge < -0.3 is 9.47 Å². The van der Waals surface area contributed by atoms with E-state index in [0.29, 0.717) is 11.5 Å². The van der Waals surface area contributed by atoms with E-state index >= 15 is 0 Å². The lowest BCUT2D eigenvalue weighted by Crippen LogP contribution is -2.26. The summed E-state index contributed by atoms with van der Waals surface area (Å²) in [6.45, 7) is 0.0732. The fraction of sp³-hybridized carbons (Fsp3) is 0.400. The highest BCUT2D eigenvalue weighted by molar-refractivity contribution is 7.89. The Labute approximate surface area is 111 Å². The van der Waals surface area contributed by atoms with Gasteiger partial charge in [0.2, 0.25) is 10.0 Å². The Morgan fingerprint density at radius 2 is 2.00 bits per heavy atom. The minimum Gasteiger partial charge on any atom is -0.493 e. The summed E-state index contributed by atoms with van der Waals surface area (Å²) < 4.78 is 36.2. The number of nitrogens with one attached hydrogen (secondary N) is 1. The predicted octanol–water partition coefficient (Wildman–Crippen LogP) is 1.29. The van der Waals surface area contributed by atoms with Crippen molar-refractivity contribution in [3.05, 3.63) is 28.6 Å². The maximum absolute atomic E-state index is 11.9. The molecule has 0 saturated carbocycles. The topological polar surface area (TPSA) is 113 Å². The van der Waals surface area contributed by atoms with Crippen molar-refractivity contribution in [2.24, 2.45) is 5.11 Å². The second-order valence-corrected chi connectivity index (χ2v) is 5.14. The van der Waals surface area contributed by atoms with Gasteiger partial charge >= 0.3 is 0 Å². The standard InChI is InChI=1S/C10H14N4O4S/c1-17-9-4-3-8(7-10(9)18-2)19(15,16)13-6-5-12-14-11/h3-4,7,13H,5-6H2,1-2H3. The summed E-state index contributed by atoms with van der Waals surface area (Å²) in [5.74, 6) is 0.760. The maximum atomic E-state index is 11.9. The Bertz CT molecular complexity index is 581. The molecule has 1 aromatic rings. The molecule has 1 rings (SSSR count). The van der Waals surface area contributed by atoms with Gasteiger partial charge in [0, 0.05) is 24.1 Å². The van der Waals surface area contributed by atoms with E-state index in [-0.39, 0.29) is 18.0 Å². The van der Waals surface area contributed by atoms with Crippen LogP contribution < -0.4 is 14.2 Å². The summed E-state index contributed by atoms with van der Waals surface area (Å²) in [4.78, 5) is 2.58. The van der Waals surface area contributed by atoms with Gasteiger partial charge in [0.15, 0.2) is 11.5 Å². The van der Waals surface area contributed by atoms with E-state index in [4.69, 9.17) is 15.0 Å². The third-order valence-electron chi connectivity index (χ3n) is 2.23. The summed E-state index contributed by atoms with van der Waals surface area (Å²) in [6.07, 6.45) is 0. The maximum Gasteiger partial charge on any atom is 0.240 e. The normalized spacial score (nSPS) is 10.6. The summed E-state index contributed by atoms with van der Waals surface area (Å²) in [5, 5.41) is 3.24. The fourth-order valence-electron chi connectivity index (χ4n) is 1.34. The van der Waals surface area contributed by atoms with Gasteiger partial charge in [-0.05, 0) is 17.7 Å². The van der Waals surface area contributed by atoms with Gasteiger partial charge in [-0.2, -0.15) is 0 Å². The number of hydrogen-bond acceptors (Lipinski definition) is 5. The van der Waals surface area contributed by atoms with Crippen molar-refractivity contribution < 1.29 is 17.9 Å². The second-order valence-electron chi connectivity index (χ2n) is 3.37. The molecule has 0 amide bonds. The van der Waals surface area contributed by atoms with Crippen LogP contribution in [0.25, 0.3) is 10.4 Å². The first kappa shape index (κ1) is 15.1. The zero-order valence-electron chi connectivity index (χ0n) is 10.5. The average Bonchev–Trinajstić information content (AvgIpc) is 2.42. The number of rotatable bonds is 7. The molecular weight excluding hydrogens is 272 g/mol. The molecule has 0 saturated heterocycles. The summed E-state index contributed by atoms with van der Waals surface area (Å²) in [6, 6.07) is 4.26. The number of sulfonamides is 1. The van der Waals surface area contributed by atoms with Crippen LogP contribution in [0.5, 0.6) is 11.5 Å². The van der Waals surface area contributed by atoms with Crippen LogP contribution in [0.4, 0.5) is 0 Å². The van der Waals surface area contributed by atoms with Crippen LogP contribution in [-0.2, 0) is 10.0 Å². The molecule has 0 fully saturated rings. The molecule has 19 heavy (non-hydrogen) atoms. The van der Waals surface area contributed by atoms with Gasteiger partial charge in [-0.15, -0.1) is 0 Å². The number of azide groups is 1. The highest BCUT2D eigenvalue weighted by atomic mass is 32.2. The first-order chi connectivity index (χ1) is 9.05. The smallest absolute Gasteiger partial charge is 0.240 e. The van der Waals surface area contributed by atoms with Crippen LogP contribution in [0.15, 0.2) is 28.2 Å². The molecule has 0 bridgehead atoms. The molecule has 0 radical (unpaired) electrons. The van der Waals surface area contributed by atoms with Crippen LogP contribution in [0.3, 0.4) is 0 Å². The molecule has 0 aromatic heterocycles. The first-order valence-electron chi connectivity index (χ1n) is 5.27. The highest BCUT2D eigenvalue weighted by Crippen LogP contribution is 2.29. The minimum absolute atomic E-state index is 0.0285. The third-order valence-corrected chi connectivity index (χ3v) is 3.69. The first-order valence-corrected chi connectivity index (χ1v) is 6.76. The van der Waals surface area contributed by atoms with Crippen LogP contribution in [0.1, 0.15) is 0 Å². The van der Waals surface area contributed by atoms with Gasteiger partial charge in [-0.1, -0.05) is 5.11 Å². The largest absolute Gasteiger partial charge is 0.493 e. The van der Waals surface area contributed by atoms with Crippen molar-refractivity contribution >= 4 is 10.0 Å². The molecule has 8 nitrogen and oxygen atoms in total. The lowest BCUT2D eigenvalue weighted by Gasteiger charge is -2.10. The van der Waals surface area contributed by atoms with Crippen molar-refractivity contribution in [2.75, 3.05) is 27.3 Å². The van der Waals surface area contributed by atoms with E-state index in [9.17, 15) is 8.42 Å². The molecule has 0 atom stereocenters. The molecule has 0 heterocycles. The van der Waals surface area contributed by atoms with Gasteiger partial charge in [-0.25, -0.2) is 13.1 Å². The van der Waals surface area contributed by atoms with Crippen molar-refractivity contribution in [3.8, 4) is 11.5 Å². The molecule has 104 valence electrons. The lowest BCUT2D eigenvalue weighted by atomic mass is 10.3. The van der Waals surface area contributed by atoms with Crippen molar-refractivity contribution in [3.63, 3.8) is 0 Å². The average molecular weight is 286 g/mol. The molecule has 1 N–H and O–H groups in total. The molecule has 1 aromatic carbocycles. The van der Waals surface area contributed by atoms with Crippen LogP contribution in [0, 0.1) is 0 Å². The molecular formula is C10H14N4O4S. The fourth-order valence-corrected chi connectivity index (χ4v) is 2.38. The van der Waals surface area contributed by atoms with Crippen molar-refractivity contribution in [1.29, 1.82) is 0 Å². The molecule has 0 aliphatic rings. The highest BCUT2D eigenvalue weighted by Gasteiger charge is 2.16. The summed E-state index contributed by atoms with van der Waals surface area (Å²) in [5.41, 5.74) is 8.09. The predicted molar refractivity (Wildman–Crippen MR) is 68.7 cm³/mol. The second kappa shape index (κ2) is 6.83. The van der Waals surface area contributed by atoms with E-state index in [2.05, 4.69) is 14.7 Å². The Balaban J connectivity index is 2.92. The van der Waals surface area contributed by atoms with E-state index in [0.717, 1.165) is 0 Å². The monoisotopic (exact) mass is 286 g/mol. The molecule has 0 unspecified atom stereocenters. The van der Waals surface area contributed by atoms with E-state index < -0.39 is 10.0 Å². The third kappa shape index (κ3) is 4.02. The molecule has 0 aliphatic heterocycles. The summed E-state index contributed by atoms with van der Waals surface area (Å²) >= 11 is 0. The minimum atomic E-state index is -3.67. The molecule has 0 spiro atoms. The lowest BCUT2D eigenvalue weighted by molar-refractivity contribution is 0.354. The summed E-state index contributed by atoms with van der Waals surface area (Å²) in [7, 11) is -0.785. The van der Waals surface area contributed by atoms with Crippen LogP contribution in [-0.4, -0.2) is 35.7 Å². The Hall–Kier alpha value is -1.96. The SMILES string of the molecule is COc1ccc(S(=O)(=O)NCCN=[N+]=[N-])cc1OC. The quantitative estimate of drug-likeness (QED) is 0.352. The number of nitrogens with zero attached hydrogens (tertiary/aromatic N) is 3.